The van der Waals surface area contributed by atoms with E-state index in [0.29, 0.717) is 0 Å². The zero-order chi connectivity index (χ0) is 32.8. The summed E-state index contributed by atoms with van der Waals surface area (Å²) in [7, 11) is 0. The fourth-order valence-corrected chi connectivity index (χ4v) is 9.22. The molecule has 2 heterocycles. The van der Waals surface area contributed by atoms with Crippen LogP contribution in [0.1, 0.15) is 0 Å². The van der Waals surface area contributed by atoms with Crippen molar-refractivity contribution in [3.8, 4) is 33.4 Å². The van der Waals surface area contributed by atoms with Crippen LogP contribution in [0, 0.1) is 0 Å². The molecule has 0 N–H and O–H groups in total. The molecule has 0 spiro atoms. The summed E-state index contributed by atoms with van der Waals surface area (Å²) in [5.74, 6) is 0. The molecule has 0 amide bonds. The van der Waals surface area contributed by atoms with E-state index in [0.717, 1.165) is 21.9 Å². The molecule has 1 nitrogen and oxygen atoms in total. The highest BCUT2D eigenvalue weighted by atomic mass is 32.1. The van der Waals surface area contributed by atoms with Crippen LogP contribution in [0.15, 0.2) is 174 Å². The van der Waals surface area contributed by atoms with E-state index >= 15 is 0 Å². The number of fused-ring (bicyclic) bond motifs is 9. The molecule has 11 rings (SSSR count). The fourth-order valence-electron chi connectivity index (χ4n) is 8.10. The molecule has 11 aromatic rings. The molecule has 0 unspecified atom stereocenters. The van der Waals surface area contributed by atoms with Crippen LogP contribution in [0.25, 0.3) is 108 Å². The van der Waals surface area contributed by atoms with E-state index in [2.05, 4.69) is 170 Å². The largest absolute Gasteiger partial charge is 0.456 e. The van der Waals surface area contributed by atoms with Crippen molar-refractivity contribution in [1.82, 2.24) is 0 Å². The van der Waals surface area contributed by atoms with E-state index in [1.807, 2.05) is 11.3 Å². The third-order valence-electron chi connectivity index (χ3n) is 10.4. The number of rotatable bonds is 3. The molecule has 0 fully saturated rings. The first-order valence-corrected chi connectivity index (χ1v) is 17.9. The molecule has 50 heavy (non-hydrogen) atoms. The van der Waals surface area contributed by atoms with Crippen molar-refractivity contribution in [1.29, 1.82) is 0 Å². The Balaban J connectivity index is 1.10. The molecular formula is C48H28OS. The van der Waals surface area contributed by atoms with Gasteiger partial charge in [0, 0.05) is 30.9 Å². The van der Waals surface area contributed by atoms with Gasteiger partial charge in [-0.05, 0) is 102 Å². The van der Waals surface area contributed by atoms with Crippen molar-refractivity contribution in [3.05, 3.63) is 170 Å². The summed E-state index contributed by atoms with van der Waals surface area (Å²) in [4.78, 5) is 0. The van der Waals surface area contributed by atoms with Crippen LogP contribution in [0.4, 0.5) is 0 Å². The van der Waals surface area contributed by atoms with Gasteiger partial charge in [-0.25, -0.2) is 0 Å². The van der Waals surface area contributed by atoms with Crippen molar-refractivity contribution in [3.63, 3.8) is 0 Å². The van der Waals surface area contributed by atoms with Gasteiger partial charge in [0.25, 0.3) is 0 Å². The molecule has 0 aliphatic carbocycles. The monoisotopic (exact) mass is 652 g/mol. The molecule has 0 saturated heterocycles. The summed E-state index contributed by atoms with van der Waals surface area (Å²) >= 11 is 1.83. The predicted molar refractivity (Wildman–Crippen MR) is 215 cm³/mol. The Morgan fingerprint density at radius 3 is 1.60 bits per heavy atom. The van der Waals surface area contributed by atoms with Gasteiger partial charge in [0.2, 0.25) is 0 Å². The molecule has 2 heteroatoms. The standard InChI is InChI=1S/C48H28OS/c1-2-10-32-25-33(22-19-29(32)9-1)30-17-20-31(21-18-30)47-36-12-3-5-14-38(36)48(39-15-6-4-13-37(39)47)34-23-24-43-40(26-34)41-27-42-35-11-7-8-16-45(35)50-46(42)28-44(41)49-43/h1-28H. The lowest BCUT2D eigenvalue weighted by Gasteiger charge is -2.18. The summed E-state index contributed by atoms with van der Waals surface area (Å²) in [5.41, 5.74) is 9.25. The maximum Gasteiger partial charge on any atom is 0.136 e. The zero-order valence-corrected chi connectivity index (χ0v) is 27.8. The molecule has 0 bridgehead atoms. The Morgan fingerprint density at radius 2 is 0.860 bits per heavy atom. The van der Waals surface area contributed by atoms with Gasteiger partial charge in [0.15, 0.2) is 0 Å². The van der Waals surface area contributed by atoms with Crippen LogP contribution >= 0.6 is 11.3 Å². The van der Waals surface area contributed by atoms with Gasteiger partial charge >= 0.3 is 0 Å². The smallest absolute Gasteiger partial charge is 0.136 e. The summed E-state index contributed by atoms with van der Waals surface area (Å²) in [6.45, 7) is 0. The van der Waals surface area contributed by atoms with Crippen LogP contribution in [0.2, 0.25) is 0 Å². The van der Waals surface area contributed by atoms with Crippen molar-refractivity contribution in [2.45, 2.75) is 0 Å². The van der Waals surface area contributed by atoms with E-state index in [9.17, 15) is 0 Å². The molecule has 0 saturated carbocycles. The maximum absolute atomic E-state index is 6.47. The Bertz CT molecular complexity index is 3080. The highest BCUT2D eigenvalue weighted by Gasteiger charge is 2.19. The summed E-state index contributed by atoms with van der Waals surface area (Å²) in [6, 6.07) is 62.1. The van der Waals surface area contributed by atoms with E-state index < -0.39 is 0 Å². The second-order valence-corrected chi connectivity index (χ2v) is 14.3. The SMILES string of the molecule is c1ccc2cc(-c3ccc(-c4c5ccccc5c(-c5ccc6oc7cc8sc9ccccc9c8cc7c6c5)c5ccccc45)cc3)ccc2c1. The van der Waals surface area contributed by atoms with Crippen molar-refractivity contribution < 1.29 is 4.42 Å². The van der Waals surface area contributed by atoms with Crippen LogP contribution in [0.3, 0.4) is 0 Å². The first-order chi connectivity index (χ1) is 24.8. The summed E-state index contributed by atoms with van der Waals surface area (Å²) < 4.78 is 9.04. The average molecular weight is 653 g/mol. The molecule has 0 radical (unpaired) electrons. The molecule has 0 atom stereocenters. The van der Waals surface area contributed by atoms with Crippen LogP contribution in [0.5, 0.6) is 0 Å². The lowest BCUT2D eigenvalue weighted by Crippen LogP contribution is -1.91. The quantitative estimate of drug-likeness (QED) is 0.173. The highest BCUT2D eigenvalue weighted by molar-refractivity contribution is 7.25. The van der Waals surface area contributed by atoms with Gasteiger partial charge in [0.1, 0.15) is 11.2 Å². The van der Waals surface area contributed by atoms with Gasteiger partial charge in [-0.15, -0.1) is 11.3 Å². The third-order valence-corrected chi connectivity index (χ3v) is 11.6. The Hall–Kier alpha value is -6.22. The predicted octanol–water partition coefficient (Wildman–Crippen LogP) is 14.4. The Morgan fingerprint density at radius 1 is 0.300 bits per heavy atom. The zero-order valence-electron chi connectivity index (χ0n) is 27.0. The van der Waals surface area contributed by atoms with E-state index in [-0.39, 0.29) is 0 Å². The Kier molecular flexibility index (Phi) is 5.89. The van der Waals surface area contributed by atoms with Crippen molar-refractivity contribution in [2.24, 2.45) is 0 Å². The van der Waals surface area contributed by atoms with Crippen molar-refractivity contribution >= 4 is 85.8 Å². The number of thiophene rings is 1. The van der Waals surface area contributed by atoms with Gasteiger partial charge in [-0.2, -0.15) is 0 Å². The minimum Gasteiger partial charge on any atom is -0.456 e. The number of furan rings is 1. The third kappa shape index (κ3) is 4.13. The molecule has 0 aliphatic rings. The number of hydrogen-bond donors (Lipinski definition) is 0. The molecule has 2 aromatic heterocycles. The minimum absolute atomic E-state index is 0.919. The normalized spacial score (nSPS) is 12.0. The molecule has 9 aromatic carbocycles. The van der Waals surface area contributed by atoms with Gasteiger partial charge in [0.05, 0.1) is 0 Å². The van der Waals surface area contributed by atoms with Gasteiger partial charge in [-0.1, -0.05) is 133 Å². The van der Waals surface area contributed by atoms with Gasteiger partial charge in [-0.3, -0.25) is 0 Å². The second kappa shape index (κ2) is 10.6. The van der Waals surface area contributed by atoms with Crippen LogP contribution in [-0.4, -0.2) is 0 Å². The lowest BCUT2D eigenvalue weighted by molar-refractivity contribution is 0.669. The minimum atomic E-state index is 0.919. The lowest BCUT2D eigenvalue weighted by atomic mass is 9.85. The van der Waals surface area contributed by atoms with Crippen LogP contribution < -0.4 is 0 Å². The first-order valence-electron chi connectivity index (χ1n) is 17.1. The summed E-state index contributed by atoms with van der Waals surface area (Å²) in [5, 5.41) is 12.4. The maximum atomic E-state index is 6.47. The number of hydrogen-bond acceptors (Lipinski definition) is 2. The van der Waals surface area contributed by atoms with E-state index in [1.54, 1.807) is 0 Å². The summed E-state index contributed by atoms with van der Waals surface area (Å²) in [6.07, 6.45) is 0. The second-order valence-electron chi connectivity index (χ2n) is 13.2. The van der Waals surface area contributed by atoms with E-state index in [4.69, 9.17) is 4.42 Å². The number of benzene rings is 9. The molecular weight excluding hydrogens is 625 g/mol. The van der Waals surface area contributed by atoms with Crippen molar-refractivity contribution in [2.75, 3.05) is 0 Å². The van der Waals surface area contributed by atoms with E-state index in [1.165, 1.54) is 85.9 Å². The first kappa shape index (κ1) is 27.7. The average Bonchev–Trinajstić information content (AvgIpc) is 3.72. The fraction of sp³-hybridized carbons (Fsp3) is 0. The van der Waals surface area contributed by atoms with Gasteiger partial charge < -0.3 is 4.42 Å². The Labute approximate surface area is 292 Å². The highest BCUT2D eigenvalue weighted by Crippen LogP contribution is 2.46. The molecule has 0 aliphatic heterocycles. The topological polar surface area (TPSA) is 13.1 Å². The molecule has 232 valence electrons. The van der Waals surface area contributed by atoms with Crippen LogP contribution in [-0.2, 0) is 0 Å².